The van der Waals surface area contributed by atoms with Gasteiger partial charge in [0.15, 0.2) is 0 Å². The van der Waals surface area contributed by atoms with Crippen LogP contribution in [0.5, 0.6) is 5.75 Å². The molecule has 20 heavy (non-hydrogen) atoms. The first-order valence-electron chi connectivity index (χ1n) is 7.94. The zero-order chi connectivity index (χ0) is 14.8. The van der Waals surface area contributed by atoms with Crippen molar-refractivity contribution in [3.8, 4) is 5.75 Å². The average molecular weight is 275 g/mol. The van der Waals surface area contributed by atoms with Crippen molar-refractivity contribution in [2.24, 2.45) is 5.92 Å². The maximum Gasteiger partial charge on any atom is 0.123 e. The van der Waals surface area contributed by atoms with Crippen LogP contribution in [0.15, 0.2) is 18.2 Å². The van der Waals surface area contributed by atoms with Gasteiger partial charge in [0, 0.05) is 19.0 Å². The van der Waals surface area contributed by atoms with Gasteiger partial charge in [0.1, 0.15) is 11.4 Å². The van der Waals surface area contributed by atoms with Crippen molar-refractivity contribution in [2.45, 2.75) is 72.1 Å². The molecule has 2 rings (SSSR count). The van der Waals surface area contributed by atoms with E-state index in [4.69, 9.17) is 4.74 Å². The van der Waals surface area contributed by atoms with Crippen LogP contribution in [0.4, 0.5) is 0 Å². The van der Waals surface area contributed by atoms with Crippen LogP contribution in [0, 0.1) is 5.92 Å². The molecule has 1 aromatic rings. The lowest BCUT2D eigenvalue weighted by Crippen LogP contribution is -2.27. The van der Waals surface area contributed by atoms with E-state index in [-0.39, 0.29) is 5.60 Å². The Morgan fingerprint density at radius 2 is 2.05 bits per heavy atom. The summed E-state index contributed by atoms with van der Waals surface area (Å²) in [5.41, 5.74) is 2.67. The summed E-state index contributed by atoms with van der Waals surface area (Å²) < 4.78 is 5.92. The molecule has 1 aromatic carbocycles. The predicted octanol–water partition coefficient (Wildman–Crippen LogP) is 4.31. The molecule has 1 aliphatic heterocycles. The molecule has 0 saturated carbocycles. The monoisotopic (exact) mass is 275 g/mol. The van der Waals surface area contributed by atoms with Crippen LogP contribution in [0.2, 0.25) is 0 Å². The topological polar surface area (TPSA) is 21.3 Å². The first-order valence-corrected chi connectivity index (χ1v) is 7.94. The fourth-order valence-electron chi connectivity index (χ4n) is 2.92. The van der Waals surface area contributed by atoms with Gasteiger partial charge in [0.2, 0.25) is 0 Å². The summed E-state index contributed by atoms with van der Waals surface area (Å²) in [6.45, 7) is 12.1. The molecule has 0 fully saturated rings. The van der Waals surface area contributed by atoms with E-state index in [1.54, 1.807) is 0 Å². The van der Waals surface area contributed by atoms with E-state index in [9.17, 15) is 0 Å². The van der Waals surface area contributed by atoms with E-state index in [1.165, 1.54) is 24.0 Å². The summed E-state index contributed by atoms with van der Waals surface area (Å²) in [5.74, 6) is 1.86. The molecule has 0 spiro atoms. The maximum atomic E-state index is 5.92. The fourth-order valence-corrected chi connectivity index (χ4v) is 2.92. The molecule has 112 valence electrons. The Morgan fingerprint density at radius 1 is 1.30 bits per heavy atom. The van der Waals surface area contributed by atoms with E-state index in [0.717, 1.165) is 24.6 Å². The van der Waals surface area contributed by atoms with Crippen LogP contribution in [-0.2, 0) is 13.0 Å². The largest absolute Gasteiger partial charge is 0.487 e. The van der Waals surface area contributed by atoms with E-state index >= 15 is 0 Å². The molecule has 1 aliphatic rings. The van der Waals surface area contributed by atoms with Crippen LogP contribution in [0.1, 0.15) is 58.6 Å². The van der Waals surface area contributed by atoms with Crippen molar-refractivity contribution in [2.75, 3.05) is 0 Å². The van der Waals surface area contributed by atoms with Gasteiger partial charge in [-0.15, -0.1) is 0 Å². The minimum absolute atomic E-state index is 0.0434. The molecular formula is C18H29NO. The van der Waals surface area contributed by atoms with Gasteiger partial charge in [-0.05, 0) is 50.3 Å². The van der Waals surface area contributed by atoms with Gasteiger partial charge >= 0.3 is 0 Å². The molecule has 0 amide bonds. The SMILES string of the molecule is CCC(C)CC(C)NCc1ccc2c(c1)CC(C)(C)O2. The molecule has 1 heterocycles. The lowest BCUT2D eigenvalue weighted by molar-refractivity contribution is 0.138. The lowest BCUT2D eigenvalue weighted by atomic mass is 9.99. The van der Waals surface area contributed by atoms with Gasteiger partial charge in [-0.1, -0.05) is 32.4 Å². The van der Waals surface area contributed by atoms with Crippen molar-refractivity contribution < 1.29 is 4.74 Å². The average Bonchev–Trinajstić information content (AvgIpc) is 2.69. The van der Waals surface area contributed by atoms with Gasteiger partial charge in [0.05, 0.1) is 0 Å². The van der Waals surface area contributed by atoms with Crippen molar-refractivity contribution in [3.05, 3.63) is 29.3 Å². The molecule has 2 heteroatoms. The summed E-state index contributed by atoms with van der Waals surface area (Å²) in [6.07, 6.45) is 3.52. The maximum absolute atomic E-state index is 5.92. The fraction of sp³-hybridized carbons (Fsp3) is 0.667. The number of hydrogen-bond donors (Lipinski definition) is 1. The first-order chi connectivity index (χ1) is 9.39. The Kier molecular flexibility index (Phi) is 4.74. The van der Waals surface area contributed by atoms with E-state index in [1.807, 2.05) is 0 Å². The second kappa shape index (κ2) is 6.17. The number of fused-ring (bicyclic) bond motifs is 1. The molecule has 0 bridgehead atoms. The van der Waals surface area contributed by atoms with Crippen LogP contribution < -0.4 is 10.1 Å². The number of benzene rings is 1. The van der Waals surface area contributed by atoms with Crippen LogP contribution in [-0.4, -0.2) is 11.6 Å². The highest BCUT2D eigenvalue weighted by atomic mass is 16.5. The minimum Gasteiger partial charge on any atom is -0.487 e. The molecule has 0 aromatic heterocycles. The summed E-state index contributed by atoms with van der Waals surface area (Å²) in [7, 11) is 0. The van der Waals surface area contributed by atoms with Crippen LogP contribution in [0.25, 0.3) is 0 Å². The molecule has 2 nitrogen and oxygen atoms in total. The summed E-state index contributed by atoms with van der Waals surface area (Å²) in [4.78, 5) is 0. The van der Waals surface area contributed by atoms with Crippen LogP contribution in [0.3, 0.4) is 0 Å². The summed E-state index contributed by atoms with van der Waals surface area (Å²) >= 11 is 0. The zero-order valence-corrected chi connectivity index (χ0v) is 13.6. The van der Waals surface area contributed by atoms with E-state index in [0.29, 0.717) is 6.04 Å². The van der Waals surface area contributed by atoms with E-state index < -0.39 is 0 Å². The summed E-state index contributed by atoms with van der Waals surface area (Å²) in [5, 5.41) is 3.64. The quantitative estimate of drug-likeness (QED) is 0.835. The standard InChI is InChI=1S/C18H29NO/c1-6-13(2)9-14(3)19-12-15-7-8-17-16(10-15)11-18(4,5)20-17/h7-8,10,13-14,19H,6,9,11-12H2,1-5H3. The van der Waals surface area contributed by atoms with Gasteiger partial charge in [0.25, 0.3) is 0 Å². The van der Waals surface area contributed by atoms with Crippen molar-refractivity contribution in [1.29, 1.82) is 0 Å². The second-order valence-corrected chi connectivity index (χ2v) is 7.01. The van der Waals surface area contributed by atoms with Gasteiger partial charge in [-0.2, -0.15) is 0 Å². The third-order valence-corrected chi connectivity index (χ3v) is 4.23. The second-order valence-electron chi connectivity index (χ2n) is 7.01. The van der Waals surface area contributed by atoms with Gasteiger partial charge < -0.3 is 10.1 Å². The van der Waals surface area contributed by atoms with Crippen molar-refractivity contribution in [3.63, 3.8) is 0 Å². The Hall–Kier alpha value is -1.02. The lowest BCUT2D eigenvalue weighted by Gasteiger charge is -2.17. The number of hydrogen-bond acceptors (Lipinski definition) is 2. The molecule has 0 radical (unpaired) electrons. The number of nitrogens with one attached hydrogen (secondary N) is 1. The molecular weight excluding hydrogens is 246 g/mol. The van der Waals surface area contributed by atoms with Crippen LogP contribution >= 0.6 is 0 Å². The molecule has 2 atom stereocenters. The predicted molar refractivity (Wildman–Crippen MR) is 85.2 cm³/mol. The molecule has 0 aliphatic carbocycles. The Bertz CT molecular complexity index is 453. The van der Waals surface area contributed by atoms with Gasteiger partial charge in [-0.25, -0.2) is 0 Å². The molecule has 2 unspecified atom stereocenters. The highest BCUT2D eigenvalue weighted by Crippen LogP contribution is 2.35. The Balaban J connectivity index is 1.89. The highest BCUT2D eigenvalue weighted by Gasteiger charge is 2.29. The number of ether oxygens (including phenoxy) is 1. The summed E-state index contributed by atoms with van der Waals surface area (Å²) in [6, 6.07) is 7.18. The highest BCUT2D eigenvalue weighted by molar-refractivity contribution is 5.41. The van der Waals surface area contributed by atoms with Gasteiger partial charge in [-0.3, -0.25) is 0 Å². The number of rotatable bonds is 6. The first kappa shape index (κ1) is 15.4. The molecule has 0 saturated heterocycles. The Morgan fingerprint density at radius 3 is 2.75 bits per heavy atom. The van der Waals surface area contributed by atoms with Crippen molar-refractivity contribution >= 4 is 0 Å². The van der Waals surface area contributed by atoms with E-state index in [2.05, 4.69) is 58.1 Å². The minimum atomic E-state index is -0.0434. The van der Waals surface area contributed by atoms with Crippen molar-refractivity contribution in [1.82, 2.24) is 5.32 Å². The Labute approximate surface area is 123 Å². The molecule has 1 N–H and O–H groups in total. The smallest absolute Gasteiger partial charge is 0.123 e. The third kappa shape index (κ3) is 3.99. The normalized spacial score (nSPS) is 19.2. The zero-order valence-electron chi connectivity index (χ0n) is 13.6. The third-order valence-electron chi connectivity index (χ3n) is 4.23.